The minimum atomic E-state index is -1.44. The van der Waals surface area contributed by atoms with E-state index in [9.17, 15) is 0 Å². The van der Waals surface area contributed by atoms with Gasteiger partial charge in [0.15, 0.2) is 0 Å². The molecule has 0 amide bonds. The second-order valence-electron chi connectivity index (χ2n) is 3.18. The van der Waals surface area contributed by atoms with Crippen molar-refractivity contribution in [2.24, 2.45) is 0 Å². The van der Waals surface area contributed by atoms with Gasteiger partial charge in [-0.25, -0.2) is 0 Å². The van der Waals surface area contributed by atoms with Crippen molar-refractivity contribution in [1.29, 1.82) is 0 Å². The predicted molar refractivity (Wildman–Crippen MR) is 71.9 cm³/mol. The van der Waals surface area contributed by atoms with E-state index in [4.69, 9.17) is 0 Å². The van der Waals surface area contributed by atoms with Crippen LogP contribution in [0.4, 0.5) is 0 Å². The van der Waals surface area contributed by atoms with Gasteiger partial charge in [0.2, 0.25) is 0 Å². The van der Waals surface area contributed by atoms with Gasteiger partial charge in [-0.1, -0.05) is 0 Å². The van der Waals surface area contributed by atoms with E-state index in [1.165, 1.54) is 0 Å². The van der Waals surface area contributed by atoms with Crippen LogP contribution in [0, 0.1) is 0 Å². The molecule has 0 bridgehead atoms. The molecule has 68 valence electrons. The molecule has 0 aliphatic carbocycles. The summed E-state index contributed by atoms with van der Waals surface area (Å²) >= 11 is 1.22. The van der Waals surface area contributed by atoms with E-state index in [2.05, 4.69) is 80.3 Å². The molecule has 0 aromatic heterocycles. The van der Waals surface area contributed by atoms with E-state index in [0.717, 1.165) is 0 Å². The summed E-state index contributed by atoms with van der Waals surface area (Å²) in [5, 5.41) is 0. The Labute approximate surface area is 100 Å². The second-order valence-corrected chi connectivity index (χ2v) is 14.0. The van der Waals surface area contributed by atoms with Gasteiger partial charge in [0.05, 0.1) is 0 Å². The Hall–Kier alpha value is -0.194. The van der Waals surface area contributed by atoms with Crippen LogP contribution in [-0.2, 0) is 0 Å². The summed E-state index contributed by atoms with van der Waals surface area (Å²) in [7, 11) is 0. The van der Waals surface area contributed by atoms with Gasteiger partial charge in [-0.15, -0.1) is 0 Å². The molecule has 0 saturated heterocycles. The van der Waals surface area contributed by atoms with Crippen LogP contribution in [-0.4, -0.2) is 12.7 Å². The van der Waals surface area contributed by atoms with Gasteiger partial charge < -0.3 is 0 Å². The topological polar surface area (TPSA) is 0 Å². The fourth-order valence-corrected chi connectivity index (χ4v) is 8.91. The van der Waals surface area contributed by atoms with Crippen LogP contribution >= 0.6 is 19.7 Å². The normalized spacial score (nSPS) is 9.79. The maximum atomic E-state index is 2.66. The average molecular weight is 351 g/mol. The molecule has 0 nitrogen and oxygen atoms in total. The summed E-state index contributed by atoms with van der Waals surface area (Å²) in [6, 6.07) is 21.7. The first-order valence-corrected chi connectivity index (χ1v) is 14.4. The average Bonchev–Trinajstić information content (AvgIpc) is 2.30. The number of halogens is 1. The molecule has 0 heterocycles. The van der Waals surface area contributed by atoms with Crippen molar-refractivity contribution in [2.75, 3.05) is 0 Å². The van der Waals surface area contributed by atoms with Crippen LogP contribution in [0.2, 0.25) is 0 Å². The quantitative estimate of drug-likeness (QED) is 0.575. The van der Waals surface area contributed by atoms with Gasteiger partial charge in [0.1, 0.15) is 0 Å². The Kier molecular flexibility index (Phi) is 3.72. The second kappa shape index (κ2) is 5.05. The standard InChI is InChI=1S/2C6H5.Ga.HI/c2*1-2-4-6-5-3-1;;/h2*1-5H;;1H/q;;+1;/p-1. The van der Waals surface area contributed by atoms with E-state index >= 15 is 0 Å². The van der Waals surface area contributed by atoms with E-state index in [1.807, 2.05) is 0 Å². The molecule has 0 atom stereocenters. The first-order valence-electron chi connectivity index (χ1n) is 4.62. The van der Waals surface area contributed by atoms with Gasteiger partial charge in [-0.05, 0) is 0 Å². The molecule has 2 heteroatoms. The Morgan fingerprint density at radius 3 is 1.36 bits per heavy atom. The number of hydrogen-bond donors (Lipinski definition) is 0. The predicted octanol–water partition coefficient (Wildman–Crippen LogP) is 2.23. The van der Waals surface area contributed by atoms with E-state index in [-0.39, 0.29) is 0 Å². The third kappa shape index (κ3) is 2.43. The molecule has 0 fully saturated rings. The Morgan fingerprint density at radius 2 is 1.00 bits per heavy atom. The zero-order valence-electron chi connectivity index (χ0n) is 7.73. The zero-order valence-corrected chi connectivity index (χ0v) is 12.3. The van der Waals surface area contributed by atoms with E-state index in [1.54, 1.807) is 8.24 Å². The van der Waals surface area contributed by atoms with Gasteiger partial charge >= 0.3 is 101 Å². The summed E-state index contributed by atoms with van der Waals surface area (Å²) in [6.07, 6.45) is 0. The molecule has 0 unspecified atom stereocenters. The van der Waals surface area contributed by atoms with Crippen molar-refractivity contribution in [3.8, 4) is 0 Å². The molecule has 0 aliphatic rings. The van der Waals surface area contributed by atoms with Crippen LogP contribution in [0.1, 0.15) is 0 Å². The molecule has 0 spiro atoms. The summed E-state index contributed by atoms with van der Waals surface area (Å²) in [5.74, 6) is 0. The van der Waals surface area contributed by atoms with Gasteiger partial charge in [-0.2, -0.15) is 0 Å². The van der Waals surface area contributed by atoms with Gasteiger partial charge in [0.25, 0.3) is 0 Å². The fraction of sp³-hybridized carbons (Fsp3) is 0. The van der Waals surface area contributed by atoms with Crippen molar-refractivity contribution in [1.82, 2.24) is 0 Å². The Bertz CT molecular complexity index is 346. The van der Waals surface area contributed by atoms with Crippen LogP contribution in [0.15, 0.2) is 60.7 Å². The van der Waals surface area contributed by atoms with E-state index in [0.29, 0.717) is 0 Å². The summed E-state index contributed by atoms with van der Waals surface area (Å²) in [6.45, 7) is 0. The molecule has 0 saturated carbocycles. The van der Waals surface area contributed by atoms with Crippen molar-refractivity contribution >= 4 is 40.6 Å². The van der Waals surface area contributed by atoms with Crippen LogP contribution in [0.25, 0.3) is 0 Å². The molecular weight excluding hydrogens is 341 g/mol. The maximum absolute atomic E-state index is 2.66. The fourth-order valence-electron chi connectivity index (χ4n) is 1.44. The third-order valence-corrected chi connectivity index (χ3v) is 13.7. The number of benzene rings is 2. The molecule has 0 aliphatic heterocycles. The SMILES string of the molecule is [I][Ga]([c]1ccccc1)[c]1ccccc1. The van der Waals surface area contributed by atoms with Crippen molar-refractivity contribution in [3.63, 3.8) is 0 Å². The van der Waals surface area contributed by atoms with E-state index < -0.39 is 12.7 Å². The summed E-state index contributed by atoms with van der Waals surface area (Å²) < 4.78 is 3.10. The van der Waals surface area contributed by atoms with Crippen LogP contribution in [0.3, 0.4) is 0 Å². The van der Waals surface area contributed by atoms with Gasteiger partial charge in [-0.3, -0.25) is 0 Å². The minimum absolute atomic E-state index is 1.44. The molecule has 0 radical (unpaired) electrons. The summed E-state index contributed by atoms with van der Waals surface area (Å²) in [5.41, 5.74) is 0. The van der Waals surface area contributed by atoms with Crippen LogP contribution < -0.4 is 8.24 Å². The zero-order chi connectivity index (χ0) is 9.80. The summed E-state index contributed by atoms with van der Waals surface area (Å²) in [4.78, 5) is 0. The molecular formula is C12H10GaI. The third-order valence-electron chi connectivity index (χ3n) is 2.18. The number of hydrogen-bond acceptors (Lipinski definition) is 0. The molecule has 0 N–H and O–H groups in total. The number of rotatable bonds is 2. The molecule has 14 heavy (non-hydrogen) atoms. The first-order chi connectivity index (χ1) is 6.88. The van der Waals surface area contributed by atoms with Crippen LogP contribution in [0.5, 0.6) is 0 Å². The van der Waals surface area contributed by atoms with Crippen molar-refractivity contribution in [3.05, 3.63) is 60.7 Å². The van der Waals surface area contributed by atoms with Crippen molar-refractivity contribution in [2.45, 2.75) is 0 Å². The monoisotopic (exact) mass is 350 g/mol. The Morgan fingerprint density at radius 1 is 0.643 bits per heavy atom. The first kappa shape index (κ1) is 10.3. The van der Waals surface area contributed by atoms with Crippen molar-refractivity contribution < 1.29 is 0 Å². The van der Waals surface area contributed by atoms with Gasteiger partial charge in [0, 0.05) is 0 Å². The molecule has 2 aromatic rings. The molecule has 2 aromatic carbocycles. The molecule has 2 rings (SSSR count). The Balaban J connectivity index is 2.30.